The lowest BCUT2D eigenvalue weighted by Crippen LogP contribution is -2.50. The fourth-order valence-electron chi connectivity index (χ4n) is 3.12. The van der Waals surface area contributed by atoms with E-state index in [9.17, 15) is 4.79 Å². The molecule has 0 bridgehead atoms. The van der Waals surface area contributed by atoms with Crippen LogP contribution < -0.4 is 5.32 Å². The van der Waals surface area contributed by atoms with Crippen molar-refractivity contribution < 1.29 is 4.79 Å². The Morgan fingerprint density at radius 1 is 1.35 bits per heavy atom. The molecule has 3 heterocycles. The highest BCUT2D eigenvalue weighted by atomic mass is 32.1. The van der Waals surface area contributed by atoms with Gasteiger partial charge in [-0.15, -0.1) is 11.3 Å². The predicted molar refractivity (Wildman–Crippen MR) is 81.7 cm³/mol. The van der Waals surface area contributed by atoms with E-state index in [2.05, 4.69) is 39.6 Å². The molecular formula is C15H23N3OS. The Balaban J connectivity index is 1.49. The maximum atomic E-state index is 12.5. The van der Waals surface area contributed by atoms with Crippen LogP contribution in [-0.4, -0.2) is 55.0 Å². The molecule has 1 N–H and O–H groups in total. The molecule has 1 amide bonds. The zero-order chi connectivity index (χ0) is 13.9. The number of amides is 1. The molecule has 1 aromatic heterocycles. The van der Waals surface area contributed by atoms with Gasteiger partial charge in [0.15, 0.2) is 0 Å². The van der Waals surface area contributed by atoms with E-state index in [1.165, 1.54) is 4.88 Å². The first-order chi connectivity index (χ1) is 9.74. The van der Waals surface area contributed by atoms with Crippen LogP contribution >= 0.6 is 11.3 Å². The molecule has 2 atom stereocenters. The molecule has 110 valence electrons. The van der Waals surface area contributed by atoms with Gasteiger partial charge >= 0.3 is 0 Å². The first-order valence-corrected chi connectivity index (χ1v) is 8.36. The summed E-state index contributed by atoms with van der Waals surface area (Å²) in [4.78, 5) is 18.4. The lowest BCUT2D eigenvalue weighted by Gasteiger charge is -2.36. The fraction of sp³-hybridized carbons (Fsp3) is 0.667. The molecule has 3 rings (SSSR count). The molecule has 2 unspecified atom stereocenters. The molecule has 20 heavy (non-hydrogen) atoms. The van der Waals surface area contributed by atoms with Gasteiger partial charge in [-0.05, 0) is 23.9 Å². The maximum absolute atomic E-state index is 12.5. The highest BCUT2D eigenvalue weighted by Gasteiger charge is 2.33. The van der Waals surface area contributed by atoms with Crippen molar-refractivity contribution in [1.29, 1.82) is 0 Å². The van der Waals surface area contributed by atoms with Crippen molar-refractivity contribution in [3.63, 3.8) is 0 Å². The minimum Gasteiger partial charge on any atom is -0.340 e. The standard InChI is InChI=1S/C15H23N3OS/c1-12-9-16-10-14(12)15(19)18-6-4-17(5-7-18)11-13-3-2-8-20-13/h2-3,8,12,14,16H,4-7,9-11H2,1H3. The number of carbonyl (C=O) groups excluding carboxylic acids is 1. The van der Waals surface area contributed by atoms with E-state index in [-0.39, 0.29) is 5.92 Å². The predicted octanol–water partition coefficient (Wildman–Crippen LogP) is 1.25. The average molecular weight is 293 g/mol. The SMILES string of the molecule is CC1CNCC1C(=O)N1CCN(Cc2cccs2)CC1. The van der Waals surface area contributed by atoms with E-state index in [0.717, 1.165) is 45.8 Å². The number of piperazine rings is 1. The topological polar surface area (TPSA) is 35.6 Å². The second kappa shape index (κ2) is 6.24. The summed E-state index contributed by atoms with van der Waals surface area (Å²) in [7, 11) is 0. The van der Waals surface area contributed by atoms with Gasteiger partial charge in [0.25, 0.3) is 0 Å². The number of thiophene rings is 1. The Kier molecular flexibility index (Phi) is 4.38. The van der Waals surface area contributed by atoms with Crippen molar-refractivity contribution in [1.82, 2.24) is 15.1 Å². The van der Waals surface area contributed by atoms with Crippen LogP contribution in [0.1, 0.15) is 11.8 Å². The van der Waals surface area contributed by atoms with Crippen LogP contribution in [0.25, 0.3) is 0 Å². The van der Waals surface area contributed by atoms with Crippen molar-refractivity contribution in [3.8, 4) is 0 Å². The Hall–Kier alpha value is -0.910. The normalized spacial score (nSPS) is 27.9. The zero-order valence-electron chi connectivity index (χ0n) is 12.0. The Bertz CT molecular complexity index is 440. The first kappa shape index (κ1) is 14.0. The third-order valence-corrected chi connectivity index (χ3v) is 5.34. The smallest absolute Gasteiger partial charge is 0.227 e. The highest BCUT2D eigenvalue weighted by Crippen LogP contribution is 2.20. The van der Waals surface area contributed by atoms with Gasteiger partial charge in [-0.2, -0.15) is 0 Å². The number of rotatable bonds is 3. The number of carbonyl (C=O) groups is 1. The minimum absolute atomic E-state index is 0.193. The van der Waals surface area contributed by atoms with Gasteiger partial charge in [-0.3, -0.25) is 9.69 Å². The summed E-state index contributed by atoms with van der Waals surface area (Å²) in [6.07, 6.45) is 0. The van der Waals surface area contributed by atoms with E-state index >= 15 is 0 Å². The van der Waals surface area contributed by atoms with Gasteiger partial charge in [-0.25, -0.2) is 0 Å². The quantitative estimate of drug-likeness (QED) is 0.911. The molecule has 0 radical (unpaired) electrons. The number of hydrogen-bond donors (Lipinski definition) is 1. The average Bonchev–Trinajstić information content (AvgIpc) is 3.10. The summed E-state index contributed by atoms with van der Waals surface area (Å²) in [5, 5.41) is 5.45. The van der Waals surface area contributed by atoms with E-state index < -0.39 is 0 Å². The van der Waals surface area contributed by atoms with Crippen molar-refractivity contribution in [2.24, 2.45) is 11.8 Å². The number of hydrogen-bond acceptors (Lipinski definition) is 4. The highest BCUT2D eigenvalue weighted by molar-refractivity contribution is 7.09. The number of nitrogens with one attached hydrogen (secondary N) is 1. The van der Waals surface area contributed by atoms with Gasteiger partial charge in [0.05, 0.1) is 5.92 Å². The summed E-state index contributed by atoms with van der Waals surface area (Å²) < 4.78 is 0. The molecule has 0 saturated carbocycles. The second-order valence-electron chi connectivity index (χ2n) is 5.92. The monoisotopic (exact) mass is 293 g/mol. The van der Waals surface area contributed by atoms with Gasteiger partial charge in [0.2, 0.25) is 5.91 Å². The molecule has 2 aliphatic heterocycles. The molecular weight excluding hydrogens is 270 g/mol. The Morgan fingerprint density at radius 2 is 2.15 bits per heavy atom. The van der Waals surface area contributed by atoms with Crippen molar-refractivity contribution in [2.45, 2.75) is 13.5 Å². The van der Waals surface area contributed by atoms with Crippen LogP contribution in [0.2, 0.25) is 0 Å². The van der Waals surface area contributed by atoms with Crippen LogP contribution in [0.15, 0.2) is 17.5 Å². The Morgan fingerprint density at radius 3 is 2.75 bits per heavy atom. The third-order valence-electron chi connectivity index (χ3n) is 4.48. The lowest BCUT2D eigenvalue weighted by atomic mass is 9.96. The van der Waals surface area contributed by atoms with Crippen molar-refractivity contribution in [2.75, 3.05) is 39.3 Å². The molecule has 2 fully saturated rings. The van der Waals surface area contributed by atoms with Crippen LogP contribution in [0, 0.1) is 11.8 Å². The van der Waals surface area contributed by atoms with Crippen LogP contribution in [0.3, 0.4) is 0 Å². The molecule has 4 nitrogen and oxygen atoms in total. The molecule has 2 aliphatic rings. The third kappa shape index (κ3) is 3.05. The van der Waals surface area contributed by atoms with Crippen LogP contribution in [0.5, 0.6) is 0 Å². The van der Waals surface area contributed by atoms with Gasteiger partial charge in [-0.1, -0.05) is 13.0 Å². The van der Waals surface area contributed by atoms with Crippen LogP contribution in [0.4, 0.5) is 0 Å². The van der Waals surface area contributed by atoms with Gasteiger partial charge < -0.3 is 10.2 Å². The molecule has 0 aromatic carbocycles. The summed E-state index contributed by atoms with van der Waals surface area (Å²) in [6.45, 7) is 8.80. The first-order valence-electron chi connectivity index (χ1n) is 7.48. The zero-order valence-corrected chi connectivity index (χ0v) is 12.9. The summed E-state index contributed by atoms with van der Waals surface area (Å²) in [5.41, 5.74) is 0. The van der Waals surface area contributed by atoms with E-state index in [1.54, 1.807) is 0 Å². The van der Waals surface area contributed by atoms with Crippen molar-refractivity contribution in [3.05, 3.63) is 22.4 Å². The van der Waals surface area contributed by atoms with Gasteiger partial charge in [0, 0.05) is 44.1 Å². The molecule has 2 saturated heterocycles. The largest absolute Gasteiger partial charge is 0.340 e. The molecule has 5 heteroatoms. The van der Waals surface area contributed by atoms with Crippen molar-refractivity contribution >= 4 is 17.2 Å². The Labute approximate surface area is 124 Å². The minimum atomic E-state index is 0.193. The molecule has 0 spiro atoms. The second-order valence-corrected chi connectivity index (χ2v) is 6.96. The van der Waals surface area contributed by atoms with Gasteiger partial charge in [0.1, 0.15) is 0 Å². The molecule has 1 aromatic rings. The fourth-order valence-corrected chi connectivity index (χ4v) is 3.87. The maximum Gasteiger partial charge on any atom is 0.227 e. The lowest BCUT2D eigenvalue weighted by molar-refractivity contribution is -0.137. The summed E-state index contributed by atoms with van der Waals surface area (Å²) in [5.74, 6) is 1.03. The summed E-state index contributed by atoms with van der Waals surface area (Å²) >= 11 is 1.81. The summed E-state index contributed by atoms with van der Waals surface area (Å²) in [6, 6.07) is 4.29. The van der Waals surface area contributed by atoms with E-state index in [1.807, 2.05) is 11.3 Å². The van der Waals surface area contributed by atoms with E-state index in [4.69, 9.17) is 0 Å². The van der Waals surface area contributed by atoms with Crippen LogP contribution in [-0.2, 0) is 11.3 Å². The number of nitrogens with zero attached hydrogens (tertiary/aromatic N) is 2. The van der Waals surface area contributed by atoms with E-state index in [0.29, 0.717) is 11.8 Å². The molecule has 0 aliphatic carbocycles.